The topological polar surface area (TPSA) is 60.4 Å². The number of ether oxygens (including phenoxy) is 1. The van der Waals surface area contributed by atoms with E-state index >= 15 is 0 Å². The van der Waals surface area contributed by atoms with Gasteiger partial charge in [0.25, 0.3) is 0 Å². The van der Waals surface area contributed by atoms with E-state index in [-0.39, 0.29) is 41.3 Å². The molecule has 5 atom stereocenters. The zero-order valence-corrected chi connectivity index (χ0v) is 12.0. The van der Waals surface area contributed by atoms with Crippen molar-refractivity contribution in [3.05, 3.63) is 0 Å². The lowest BCUT2D eigenvalue weighted by molar-refractivity contribution is -0.156. The quantitative estimate of drug-likeness (QED) is 0.690. The third-order valence-electron chi connectivity index (χ3n) is 5.72. The van der Waals surface area contributed by atoms with E-state index < -0.39 is 0 Å². The number of hydrogen-bond acceptors (Lipinski definition) is 4. The molecule has 0 aromatic rings. The molecular weight excluding hydrogens is 256 g/mol. The minimum Gasteiger partial charge on any atom is -0.469 e. The third-order valence-corrected chi connectivity index (χ3v) is 5.72. The molecule has 0 aliphatic heterocycles. The minimum atomic E-state index is -0.173. The zero-order chi connectivity index (χ0) is 14.3. The molecular formula is C16H22O4. The lowest BCUT2D eigenvalue weighted by Crippen LogP contribution is -2.50. The number of Topliss-reactive ketones (excluding diaryl/α,β-unsaturated/α-hetero) is 2. The summed E-state index contributed by atoms with van der Waals surface area (Å²) in [5, 5.41) is 0. The molecule has 3 rings (SSSR count). The number of hydrogen-bond donors (Lipinski definition) is 0. The Hall–Kier alpha value is -1.19. The number of esters is 1. The van der Waals surface area contributed by atoms with Crippen molar-refractivity contribution in [1.82, 2.24) is 0 Å². The van der Waals surface area contributed by atoms with Gasteiger partial charge < -0.3 is 4.74 Å². The van der Waals surface area contributed by atoms with E-state index in [0.717, 1.165) is 25.7 Å². The Labute approximate surface area is 119 Å². The summed E-state index contributed by atoms with van der Waals surface area (Å²) >= 11 is 0. The SMILES string of the molecule is COC(=O)C1CCC(=O)C2C3CCCC(=O)C3CCC12. The van der Waals surface area contributed by atoms with E-state index in [0.29, 0.717) is 25.0 Å². The molecule has 3 saturated carbocycles. The maximum Gasteiger partial charge on any atom is 0.308 e. The first-order valence-corrected chi connectivity index (χ1v) is 7.76. The number of ketones is 2. The van der Waals surface area contributed by atoms with Gasteiger partial charge in [0.05, 0.1) is 13.0 Å². The van der Waals surface area contributed by atoms with Crippen molar-refractivity contribution < 1.29 is 19.1 Å². The zero-order valence-electron chi connectivity index (χ0n) is 12.0. The van der Waals surface area contributed by atoms with E-state index in [9.17, 15) is 14.4 Å². The highest BCUT2D eigenvalue weighted by molar-refractivity contribution is 5.88. The Morgan fingerprint density at radius 2 is 1.80 bits per heavy atom. The van der Waals surface area contributed by atoms with Crippen LogP contribution < -0.4 is 0 Å². The summed E-state index contributed by atoms with van der Waals surface area (Å²) < 4.78 is 4.91. The summed E-state index contributed by atoms with van der Waals surface area (Å²) in [5.74, 6) is 0.605. The van der Waals surface area contributed by atoms with E-state index in [2.05, 4.69) is 0 Å². The summed E-state index contributed by atoms with van der Waals surface area (Å²) in [6.45, 7) is 0. The molecule has 0 spiro atoms. The van der Waals surface area contributed by atoms with Gasteiger partial charge in [-0.3, -0.25) is 14.4 Å². The van der Waals surface area contributed by atoms with Crippen molar-refractivity contribution in [3.8, 4) is 0 Å². The second-order valence-corrected chi connectivity index (χ2v) is 6.53. The average Bonchev–Trinajstić information content (AvgIpc) is 2.46. The van der Waals surface area contributed by atoms with Gasteiger partial charge in [-0.1, -0.05) is 0 Å². The molecule has 0 aromatic heterocycles. The third kappa shape index (κ3) is 2.09. The number of rotatable bonds is 1. The van der Waals surface area contributed by atoms with Gasteiger partial charge in [-0.05, 0) is 43.9 Å². The first-order valence-electron chi connectivity index (χ1n) is 7.76. The number of carbonyl (C=O) groups is 3. The van der Waals surface area contributed by atoms with Crippen molar-refractivity contribution >= 4 is 17.5 Å². The second-order valence-electron chi connectivity index (χ2n) is 6.53. The smallest absolute Gasteiger partial charge is 0.308 e. The fourth-order valence-electron chi connectivity index (χ4n) is 4.86. The summed E-state index contributed by atoms with van der Waals surface area (Å²) in [6, 6.07) is 0. The Morgan fingerprint density at radius 1 is 1.00 bits per heavy atom. The van der Waals surface area contributed by atoms with Crippen LogP contribution in [0.4, 0.5) is 0 Å². The van der Waals surface area contributed by atoms with Gasteiger partial charge in [-0.15, -0.1) is 0 Å². The van der Waals surface area contributed by atoms with E-state index in [1.807, 2.05) is 0 Å². The maximum absolute atomic E-state index is 12.4. The molecule has 4 nitrogen and oxygen atoms in total. The Balaban J connectivity index is 1.87. The fourth-order valence-corrected chi connectivity index (χ4v) is 4.86. The van der Waals surface area contributed by atoms with Crippen LogP contribution in [0.2, 0.25) is 0 Å². The van der Waals surface area contributed by atoms with Crippen molar-refractivity contribution in [2.75, 3.05) is 7.11 Å². The standard InChI is InChI=1S/C16H22O4/c1-20-16(19)12-7-8-14(18)15-10-3-2-4-13(17)9(10)5-6-11(12)15/h9-12,15H,2-8H2,1H3. The van der Waals surface area contributed by atoms with Crippen LogP contribution in [0.3, 0.4) is 0 Å². The van der Waals surface area contributed by atoms with Crippen molar-refractivity contribution in [2.24, 2.45) is 29.6 Å². The molecule has 20 heavy (non-hydrogen) atoms. The van der Waals surface area contributed by atoms with E-state index in [4.69, 9.17) is 4.74 Å². The van der Waals surface area contributed by atoms with Gasteiger partial charge in [0.15, 0.2) is 0 Å². The fraction of sp³-hybridized carbons (Fsp3) is 0.812. The van der Waals surface area contributed by atoms with Gasteiger partial charge in [-0.2, -0.15) is 0 Å². The molecule has 5 unspecified atom stereocenters. The minimum absolute atomic E-state index is 0.0733. The summed E-state index contributed by atoms with van der Waals surface area (Å²) in [4.78, 5) is 36.4. The van der Waals surface area contributed by atoms with Crippen LogP contribution in [-0.2, 0) is 19.1 Å². The molecule has 0 amide bonds. The number of methoxy groups -OCH3 is 1. The van der Waals surface area contributed by atoms with Crippen LogP contribution in [-0.4, -0.2) is 24.6 Å². The maximum atomic E-state index is 12.4. The molecule has 0 radical (unpaired) electrons. The van der Waals surface area contributed by atoms with Crippen LogP contribution in [0.25, 0.3) is 0 Å². The molecule has 0 saturated heterocycles. The lowest BCUT2D eigenvalue weighted by Gasteiger charge is -2.48. The molecule has 0 bridgehead atoms. The largest absolute Gasteiger partial charge is 0.469 e. The first kappa shape index (κ1) is 13.8. The van der Waals surface area contributed by atoms with Crippen LogP contribution >= 0.6 is 0 Å². The summed E-state index contributed by atoms with van der Waals surface area (Å²) in [5.41, 5.74) is 0. The van der Waals surface area contributed by atoms with Crippen molar-refractivity contribution in [2.45, 2.75) is 44.9 Å². The Morgan fingerprint density at radius 3 is 2.55 bits per heavy atom. The first-order chi connectivity index (χ1) is 9.63. The summed E-state index contributed by atoms with van der Waals surface area (Å²) in [6.07, 6.45) is 5.31. The average molecular weight is 278 g/mol. The predicted octanol–water partition coefficient (Wildman–Crippen LogP) is 2.15. The number of fused-ring (bicyclic) bond motifs is 3. The molecule has 0 heterocycles. The van der Waals surface area contributed by atoms with Crippen LogP contribution in [0.5, 0.6) is 0 Å². The number of carbonyl (C=O) groups excluding carboxylic acids is 3. The van der Waals surface area contributed by atoms with Crippen LogP contribution in [0.1, 0.15) is 44.9 Å². The predicted molar refractivity (Wildman–Crippen MR) is 71.8 cm³/mol. The van der Waals surface area contributed by atoms with Gasteiger partial charge >= 0.3 is 5.97 Å². The summed E-state index contributed by atoms with van der Waals surface area (Å²) in [7, 11) is 1.42. The highest BCUT2D eigenvalue weighted by Crippen LogP contribution is 2.51. The monoisotopic (exact) mass is 278 g/mol. The van der Waals surface area contributed by atoms with Crippen LogP contribution in [0.15, 0.2) is 0 Å². The molecule has 0 N–H and O–H groups in total. The molecule has 0 aromatic carbocycles. The highest BCUT2D eigenvalue weighted by atomic mass is 16.5. The molecule has 3 fully saturated rings. The Bertz CT molecular complexity index is 442. The van der Waals surface area contributed by atoms with Gasteiger partial charge in [0, 0.05) is 24.7 Å². The lowest BCUT2D eigenvalue weighted by atomic mass is 9.54. The Kier molecular flexibility index (Phi) is 3.65. The molecule has 3 aliphatic carbocycles. The van der Waals surface area contributed by atoms with E-state index in [1.165, 1.54) is 7.11 Å². The molecule has 4 heteroatoms. The van der Waals surface area contributed by atoms with Crippen molar-refractivity contribution in [1.29, 1.82) is 0 Å². The van der Waals surface area contributed by atoms with Gasteiger partial charge in [0.1, 0.15) is 11.6 Å². The van der Waals surface area contributed by atoms with E-state index in [1.54, 1.807) is 0 Å². The second kappa shape index (κ2) is 5.30. The highest BCUT2D eigenvalue weighted by Gasteiger charge is 2.52. The van der Waals surface area contributed by atoms with Gasteiger partial charge in [-0.25, -0.2) is 0 Å². The van der Waals surface area contributed by atoms with Crippen molar-refractivity contribution in [3.63, 3.8) is 0 Å². The van der Waals surface area contributed by atoms with Gasteiger partial charge in [0.2, 0.25) is 0 Å². The molecule has 110 valence electrons. The normalized spacial score (nSPS) is 40.8. The molecule has 3 aliphatic rings. The van der Waals surface area contributed by atoms with Crippen LogP contribution in [0, 0.1) is 29.6 Å².